The fraction of sp³-hybridized carbons (Fsp3) is 0.269. The highest BCUT2D eigenvalue weighted by Crippen LogP contribution is 2.35. The molecule has 3 aromatic heterocycles. The number of anilines is 3. The van der Waals surface area contributed by atoms with Gasteiger partial charge in [0.1, 0.15) is 29.1 Å². The molecule has 2 bridgehead atoms. The van der Waals surface area contributed by atoms with Crippen LogP contribution >= 0.6 is 0 Å². The minimum Gasteiger partial charge on any atom is -0.473 e. The summed E-state index contributed by atoms with van der Waals surface area (Å²) in [7, 11) is 0. The van der Waals surface area contributed by atoms with Crippen molar-refractivity contribution in [3.05, 3.63) is 59.7 Å². The average molecular weight is 532 g/mol. The normalized spacial score (nSPS) is 17.0. The second kappa shape index (κ2) is 9.74. The summed E-state index contributed by atoms with van der Waals surface area (Å²) in [5, 5.41) is 13.2. The zero-order chi connectivity index (χ0) is 27.1. The van der Waals surface area contributed by atoms with E-state index in [-0.39, 0.29) is 47.9 Å². The number of hydrogen-bond donors (Lipinski definition) is 4. The number of hydrogen-bond acceptors (Lipinski definition) is 8. The van der Waals surface area contributed by atoms with Gasteiger partial charge in [-0.15, -0.1) is 0 Å². The van der Waals surface area contributed by atoms with Gasteiger partial charge in [0.25, 0.3) is 5.91 Å². The van der Waals surface area contributed by atoms with Gasteiger partial charge in [0.2, 0.25) is 5.88 Å². The topological polar surface area (TPSA) is 152 Å². The lowest BCUT2D eigenvalue weighted by Crippen LogP contribution is -2.44. The number of halogens is 1. The Morgan fingerprint density at radius 3 is 2.74 bits per heavy atom. The highest BCUT2D eigenvalue weighted by Gasteiger charge is 2.24. The van der Waals surface area contributed by atoms with Gasteiger partial charge in [-0.25, -0.2) is 19.2 Å². The van der Waals surface area contributed by atoms with Crippen molar-refractivity contribution in [3.63, 3.8) is 0 Å². The lowest BCUT2D eigenvalue weighted by molar-refractivity contribution is 0.0932. The molecule has 0 unspecified atom stereocenters. The van der Waals surface area contributed by atoms with E-state index >= 15 is 0 Å². The quantitative estimate of drug-likeness (QED) is 0.308. The molecule has 1 saturated heterocycles. The largest absolute Gasteiger partial charge is 0.473 e. The molecule has 12 nitrogen and oxygen atoms in total. The second-order valence-corrected chi connectivity index (χ2v) is 9.47. The van der Waals surface area contributed by atoms with Crippen molar-refractivity contribution in [2.24, 2.45) is 0 Å². The number of carbonyl (C=O) groups is 2. The number of rotatable bonds is 2. The fourth-order valence-corrected chi connectivity index (χ4v) is 4.47. The van der Waals surface area contributed by atoms with Gasteiger partial charge in [-0.1, -0.05) is 12.1 Å². The number of pyridine rings is 1. The molecular formula is C26H26FN9O3. The predicted octanol–water partition coefficient (Wildman–Crippen LogP) is 2.87. The van der Waals surface area contributed by atoms with Crippen molar-refractivity contribution in [1.29, 1.82) is 0 Å². The molecule has 39 heavy (non-hydrogen) atoms. The lowest BCUT2D eigenvalue weighted by Gasteiger charge is -2.30. The van der Waals surface area contributed by atoms with Gasteiger partial charge >= 0.3 is 6.03 Å². The number of likely N-dealkylation sites (tertiary alicyclic amines) is 1. The first-order valence-corrected chi connectivity index (χ1v) is 12.5. The van der Waals surface area contributed by atoms with Crippen LogP contribution in [0.4, 0.5) is 26.5 Å². The molecule has 5 N–H and O–H groups in total. The van der Waals surface area contributed by atoms with Crippen molar-refractivity contribution < 1.29 is 18.7 Å². The number of amides is 3. The van der Waals surface area contributed by atoms with Crippen LogP contribution in [0, 0.1) is 5.82 Å². The number of nitrogens with one attached hydrogen (secondary N) is 3. The third-order valence-electron chi connectivity index (χ3n) is 6.70. The number of nitrogens with zero attached hydrogens (tertiary/aromatic N) is 5. The van der Waals surface area contributed by atoms with Gasteiger partial charge < -0.3 is 31.3 Å². The van der Waals surface area contributed by atoms with E-state index in [4.69, 9.17) is 15.5 Å². The Balaban J connectivity index is 1.42. The molecule has 4 aromatic rings. The van der Waals surface area contributed by atoms with E-state index in [0.717, 1.165) is 25.7 Å². The molecule has 2 aliphatic rings. The summed E-state index contributed by atoms with van der Waals surface area (Å²) in [4.78, 5) is 35.8. The summed E-state index contributed by atoms with van der Waals surface area (Å²) in [5.74, 6) is -0.0578. The van der Waals surface area contributed by atoms with Gasteiger partial charge in [0.15, 0.2) is 5.65 Å². The Morgan fingerprint density at radius 1 is 1.21 bits per heavy atom. The Bertz CT molecular complexity index is 1580. The van der Waals surface area contributed by atoms with Crippen molar-refractivity contribution in [3.8, 4) is 17.0 Å². The summed E-state index contributed by atoms with van der Waals surface area (Å²) in [6, 6.07) is 8.35. The average Bonchev–Trinajstić information content (AvgIpc) is 3.31. The lowest BCUT2D eigenvalue weighted by atomic mass is 10.1. The first-order valence-electron chi connectivity index (χ1n) is 12.5. The summed E-state index contributed by atoms with van der Waals surface area (Å²) in [6.07, 6.45) is 3.06. The molecule has 1 fully saturated rings. The highest BCUT2D eigenvalue weighted by molar-refractivity contribution is 6.01. The van der Waals surface area contributed by atoms with Crippen molar-refractivity contribution in [2.75, 3.05) is 36.0 Å². The molecule has 13 heteroatoms. The minimum absolute atomic E-state index is 0.122. The van der Waals surface area contributed by atoms with E-state index < -0.39 is 11.9 Å². The molecule has 2 aliphatic heterocycles. The number of urea groups is 1. The number of nitrogen functional groups attached to an aromatic ring is 1. The standard InChI is InChI=1S/C26H26FN9O3/c1-14-10-30-24(37)19-13-32-36-21(28)20(15-3-5-18(6-4-15)33-26(38)35-7-2-8-35)22(34-23(19)36)29-11-16-9-17(27)12-31-25(16)39-14/h3-6,9,12-14H,2,7-8,10-11,28H2,1H3,(H,29,34)(H,30,37)(H,33,38)/t14-/m0/s1. The van der Waals surface area contributed by atoms with Crippen LogP contribution in [0.5, 0.6) is 5.88 Å². The number of carbonyl (C=O) groups excluding carboxylic acids is 2. The van der Waals surface area contributed by atoms with Crippen molar-refractivity contribution in [1.82, 2.24) is 29.8 Å². The van der Waals surface area contributed by atoms with Crippen LogP contribution in [0.2, 0.25) is 0 Å². The molecule has 6 rings (SSSR count). The van der Waals surface area contributed by atoms with Crippen LogP contribution in [0.1, 0.15) is 29.3 Å². The van der Waals surface area contributed by atoms with E-state index in [2.05, 4.69) is 26.0 Å². The van der Waals surface area contributed by atoms with Crippen LogP contribution in [0.3, 0.4) is 0 Å². The number of nitrogens with two attached hydrogens (primary N) is 1. The smallest absolute Gasteiger partial charge is 0.321 e. The first kappa shape index (κ1) is 24.4. The Labute approximate surface area is 222 Å². The number of benzene rings is 1. The van der Waals surface area contributed by atoms with Crippen molar-refractivity contribution in [2.45, 2.75) is 26.0 Å². The van der Waals surface area contributed by atoms with Gasteiger partial charge in [0, 0.05) is 30.9 Å². The van der Waals surface area contributed by atoms with E-state index in [1.54, 1.807) is 36.1 Å². The van der Waals surface area contributed by atoms with Gasteiger partial charge in [0.05, 0.1) is 24.5 Å². The third-order valence-corrected chi connectivity index (χ3v) is 6.70. The Hall–Kier alpha value is -4.94. The molecule has 0 saturated carbocycles. The molecular weight excluding hydrogens is 505 g/mol. The van der Waals surface area contributed by atoms with Crippen LogP contribution in [-0.4, -0.2) is 62.2 Å². The molecule has 0 spiro atoms. The number of fused-ring (bicyclic) bond motifs is 2. The van der Waals surface area contributed by atoms with Crippen LogP contribution in [-0.2, 0) is 6.54 Å². The van der Waals surface area contributed by atoms with E-state index in [9.17, 15) is 14.0 Å². The van der Waals surface area contributed by atoms with Gasteiger partial charge in [-0.05, 0) is 37.1 Å². The third kappa shape index (κ3) is 4.62. The summed E-state index contributed by atoms with van der Waals surface area (Å²) in [5.41, 5.74) is 9.42. The molecule has 5 heterocycles. The SMILES string of the molecule is C[C@H]1CNC(=O)c2cnn3c(N)c(-c4ccc(NC(=O)N5CCC5)cc4)c(nc23)NCc2cc(F)cnc2O1. The monoisotopic (exact) mass is 531 g/mol. The summed E-state index contributed by atoms with van der Waals surface area (Å²) in [6.45, 7) is 3.58. The summed E-state index contributed by atoms with van der Waals surface area (Å²) < 4.78 is 21.4. The van der Waals surface area contributed by atoms with E-state index in [1.807, 2.05) is 0 Å². The van der Waals surface area contributed by atoms with Gasteiger partial charge in [-0.3, -0.25) is 4.79 Å². The molecule has 1 atom stereocenters. The zero-order valence-electron chi connectivity index (χ0n) is 21.1. The number of ether oxygens (including phenoxy) is 1. The first-order chi connectivity index (χ1) is 18.9. The Kier molecular flexibility index (Phi) is 6.09. The molecule has 0 aliphatic carbocycles. The molecule has 0 radical (unpaired) electrons. The molecule has 200 valence electrons. The van der Waals surface area contributed by atoms with Crippen molar-refractivity contribution >= 4 is 34.9 Å². The van der Waals surface area contributed by atoms with Crippen LogP contribution in [0.25, 0.3) is 16.8 Å². The van der Waals surface area contributed by atoms with E-state index in [1.165, 1.54) is 16.8 Å². The Morgan fingerprint density at radius 2 is 2.00 bits per heavy atom. The van der Waals surface area contributed by atoms with Gasteiger partial charge in [-0.2, -0.15) is 9.61 Å². The maximum Gasteiger partial charge on any atom is 0.321 e. The maximum atomic E-state index is 14.1. The number of aromatic nitrogens is 4. The zero-order valence-corrected chi connectivity index (χ0v) is 21.1. The van der Waals surface area contributed by atoms with Crippen LogP contribution in [0.15, 0.2) is 42.7 Å². The molecule has 3 amide bonds. The highest BCUT2D eigenvalue weighted by atomic mass is 19.1. The van der Waals surface area contributed by atoms with E-state index in [0.29, 0.717) is 28.2 Å². The summed E-state index contributed by atoms with van der Waals surface area (Å²) >= 11 is 0. The van der Waals surface area contributed by atoms with Crippen LogP contribution < -0.4 is 26.4 Å². The molecule has 1 aromatic carbocycles. The maximum absolute atomic E-state index is 14.1. The second-order valence-electron chi connectivity index (χ2n) is 9.47. The minimum atomic E-state index is -0.512. The predicted molar refractivity (Wildman–Crippen MR) is 142 cm³/mol. The fourth-order valence-electron chi connectivity index (χ4n) is 4.47.